The van der Waals surface area contributed by atoms with E-state index >= 15 is 0 Å². The molecule has 2 heterocycles. The van der Waals surface area contributed by atoms with Crippen LogP contribution in [0.3, 0.4) is 0 Å². The van der Waals surface area contributed by atoms with Crippen LogP contribution in [0.5, 0.6) is 5.75 Å². The van der Waals surface area contributed by atoms with Crippen molar-refractivity contribution < 1.29 is 34.1 Å². The average Bonchev–Trinajstić information content (AvgIpc) is 3.24. The van der Waals surface area contributed by atoms with Gasteiger partial charge in [-0.1, -0.05) is 30.3 Å². The monoisotopic (exact) mass is 469 g/mol. The summed E-state index contributed by atoms with van der Waals surface area (Å²) in [5.74, 6) is -0.262. The zero-order valence-electron chi connectivity index (χ0n) is 18.5. The number of ether oxygens (including phenoxy) is 1. The SMILES string of the molecule is O=C(CN1CCOC1=O)N[C@H]1CN(C(=O)c2ccc(O)cc2)CC[C@H]1c1ccccc1.O=CO. The minimum Gasteiger partial charge on any atom is -0.508 e. The highest BCUT2D eigenvalue weighted by Gasteiger charge is 2.34. The Balaban J connectivity index is 0.00000103. The number of nitrogens with one attached hydrogen (secondary N) is 1. The van der Waals surface area contributed by atoms with Crippen molar-refractivity contribution in [1.29, 1.82) is 0 Å². The molecule has 2 saturated heterocycles. The van der Waals surface area contributed by atoms with Gasteiger partial charge in [0.25, 0.3) is 12.4 Å². The fourth-order valence-corrected chi connectivity index (χ4v) is 4.16. The molecule has 2 fully saturated rings. The third-order valence-corrected chi connectivity index (χ3v) is 5.77. The van der Waals surface area contributed by atoms with Gasteiger partial charge in [-0.15, -0.1) is 0 Å². The molecule has 180 valence electrons. The number of carbonyl (C=O) groups excluding carboxylic acids is 3. The lowest BCUT2D eigenvalue weighted by Gasteiger charge is -2.39. The molecule has 3 amide bonds. The number of rotatable bonds is 5. The Morgan fingerprint density at radius 3 is 2.38 bits per heavy atom. The summed E-state index contributed by atoms with van der Waals surface area (Å²) in [7, 11) is 0. The van der Waals surface area contributed by atoms with Gasteiger partial charge >= 0.3 is 6.09 Å². The van der Waals surface area contributed by atoms with E-state index in [4.69, 9.17) is 14.6 Å². The molecule has 0 aliphatic carbocycles. The van der Waals surface area contributed by atoms with Gasteiger partial charge in [-0.05, 0) is 36.2 Å². The number of phenols is 1. The van der Waals surface area contributed by atoms with Crippen molar-refractivity contribution in [3.8, 4) is 5.75 Å². The lowest BCUT2D eigenvalue weighted by Crippen LogP contribution is -2.54. The minimum atomic E-state index is -0.484. The predicted molar refractivity (Wildman–Crippen MR) is 121 cm³/mol. The van der Waals surface area contributed by atoms with Crippen LogP contribution in [0.4, 0.5) is 4.79 Å². The van der Waals surface area contributed by atoms with Crippen LogP contribution in [0.2, 0.25) is 0 Å². The number of piperidine rings is 1. The topological polar surface area (TPSA) is 136 Å². The number of benzene rings is 2. The molecule has 2 atom stereocenters. The summed E-state index contributed by atoms with van der Waals surface area (Å²) in [6.07, 6.45) is 0.215. The molecule has 0 radical (unpaired) electrons. The highest BCUT2D eigenvalue weighted by Crippen LogP contribution is 2.29. The molecular weight excluding hydrogens is 442 g/mol. The van der Waals surface area contributed by atoms with E-state index in [0.29, 0.717) is 31.6 Å². The normalized spacial score (nSPS) is 19.5. The van der Waals surface area contributed by atoms with E-state index in [2.05, 4.69) is 5.32 Å². The zero-order valence-corrected chi connectivity index (χ0v) is 18.5. The third kappa shape index (κ3) is 6.25. The zero-order chi connectivity index (χ0) is 24.5. The van der Waals surface area contributed by atoms with E-state index in [-0.39, 0.29) is 49.1 Å². The second-order valence-corrected chi connectivity index (χ2v) is 7.92. The number of hydrogen-bond donors (Lipinski definition) is 3. The fourth-order valence-electron chi connectivity index (χ4n) is 4.16. The second-order valence-electron chi connectivity index (χ2n) is 7.92. The molecule has 0 unspecified atom stereocenters. The maximum atomic E-state index is 13.0. The van der Waals surface area contributed by atoms with Crippen molar-refractivity contribution in [3.63, 3.8) is 0 Å². The molecular formula is C24H27N3O7. The quantitative estimate of drug-likeness (QED) is 0.567. The molecule has 2 aliphatic rings. The minimum absolute atomic E-state index is 0.0551. The van der Waals surface area contributed by atoms with Crippen molar-refractivity contribution in [2.45, 2.75) is 18.4 Å². The van der Waals surface area contributed by atoms with Crippen LogP contribution >= 0.6 is 0 Å². The average molecular weight is 469 g/mol. The summed E-state index contributed by atoms with van der Waals surface area (Å²) in [4.78, 5) is 48.8. The van der Waals surface area contributed by atoms with Crippen LogP contribution in [-0.4, -0.2) is 83.2 Å². The molecule has 0 aromatic heterocycles. The van der Waals surface area contributed by atoms with Crippen molar-refractivity contribution in [2.24, 2.45) is 0 Å². The summed E-state index contributed by atoms with van der Waals surface area (Å²) in [6, 6.07) is 15.8. The van der Waals surface area contributed by atoms with E-state index in [1.807, 2.05) is 30.3 Å². The summed E-state index contributed by atoms with van der Waals surface area (Å²) in [6.45, 7) is 1.28. The number of cyclic esters (lactones) is 1. The standard InChI is InChI=1S/C23H25N3O5.CH2O2/c27-18-8-6-17(7-9-18)22(29)25-11-10-19(16-4-2-1-3-5-16)20(14-25)24-21(28)15-26-12-13-31-23(26)30;2-1-3/h1-9,19-20,27H,10-15H2,(H,24,28);1H,(H,2,3)/t19-,20-;/m0./s1. The van der Waals surface area contributed by atoms with Gasteiger partial charge in [0.2, 0.25) is 5.91 Å². The first-order valence-electron chi connectivity index (χ1n) is 10.8. The van der Waals surface area contributed by atoms with Gasteiger partial charge in [0.1, 0.15) is 18.9 Å². The molecule has 2 aromatic carbocycles. The smallest absolute Gasteiger partial charge is 0.410 e. The third-order valence-electron chi connectivity index (χ3n) is 5.77. The number of aromatic hydroxyl groups is 1. The summed E-state index contributed by atoms with van der Waals surface area (Å²) in [5.41, 5.74) is 1.59. The second kappa shape index (κ2) is 11.7. The van der Waals surface area contributed by atoms with Crippen LogP contribution in [0, 0.1) is 0 Å². The maximum Gasteiger partial charge on any atom is 0.410 e. The highest BCUT2D eigenvalue weighted by molar-refractivity contribution is 5.94. The van der Waals surface area contributed by atoms with E-state index < -0.39 is 6.09 Å². The molecule has 3 N–H and O–H groups in total. The van der Waals surface area contributed by atoms with Crippen LogP contribution in [0.25, 0.3) is 0 Å². The molecule has 10 nitrogen and oxygen atoms in total. The number of amides is 3. The lowest BCUT2D eigenvalue weighted by molar-refractivity contribution is -0.123. The van der Waals surface area contributed by atoms with Gasteiger partial charge < -0.3 is 25.2 Å². The number of phenolic OH excluding ortho intramolecular Hbond substituents is 1. The predicted octanol–water partition coefficient (Wildman–Crippen LogP) is 1.66. The van der Waals surface area contributed by atoms with Crippen LogP contribution in [-0.2, 0) is 14.3 Å². The number of carboxylic acid groups (broad SMARTS) is 1. The molecule has 2 aliphatic heterocycles. The van der Waals surface area contributed by atoms with E-state index in [0.717, 1.165) is 5.56 Å². The summed E-state index contributed by atoms with van der Waals surface area (Å²) in [5, 5.41) is 19.4. The van der Waals surface area contributed by atoms with E-state index in [9.17, 15) is 19.5 Å². The molecule has 0 bridgehead atoms. The molecule has 34 heavy (non-hydrogen) atoms. The Kier molecular flexibility index (Phi) is 8.44. The molecule has 10 heteroatoms. The number of nitrogens with zero attached hydrogens (tertiary/aromatic N) is 2. The number of hydrogen-bond acceptors (Lipinski definition) is 6. The number of likely N-dealkylation sites (tertiary alicyclic amines) is 1. The Morgan fingerprint density at radius 1 is 1.09 bits per heavy atom. The summed E-state index contributed by atoms with van der Waals surface area (Å²) >= 11 is 0. The first kappa shape index (κ1) is 24.6. The summed E-state index contributed by atoms with van der Waals surface area (Å²) < 4.78 is 4.89. The van der Waals surface area contributed by atoms with Gasteiger partial charge in [-0.25, -0.2) is 4.79 Å². The van der Waals surface area contributed by atoms with Crippen LogP contribution < -0.4 is 5.32 Å². The maximum absolute atomic E-state index is 13.0. The van der Waals surface area contributed by atoms with Gasteiger partial charge in [-0.2, -0.15) is 0 Å². The van der Waals surface area contributed by atoms with Gasteiger partial charge in [0, 0.05) is 24.6 Å². The molecule has 0 saturated carbocycles. The van der Waals surface area contributed by atoms with E-state index in [1.54, 1.807) is 17.0 Å². The van der Waals surface area contributed by atoms with Gasteiger partial charge in [-0.3, -0.25) is 19.3 Å². The van der Waals surface area contributed by atoms with E-state index in [1.165, 1.54) is 17.0 Å². The Morgan fingerprint density at radius 2 is 1.76 bits per heavy atom. The molecule has 4 rings (SSSR count). The molecule has 2 aromatic rings. The Labute approximate surface area is 196 Å². The van der Waals surface area contributed by atoms with Crippen molar-refractivity contribution in [1.82, 2.24) is 15.1 Å². The lowest BCUT2D eigenvalue weighted by atomic mass is 9.85. The van der Waals surface area contributed by atoms with Crippen molar-refractivity contribution in [2.75, 3.05) is 32.8 Å². The van der Waals surface area contributed by atoms with Crippen LogP contribution in [0.1, 0.15) is 28.3 Å². The van der Waals surface area contributed by atoms with Gasteiger partial charge in [0.15, 0.2) is 0 Å². The molecule has 0 spiro atoms. The van der Waals surface area contributed by atoms with Crippen LogP contribution in [0.15, 0.2) is 54.6 Å². The fraction of sp³-hybridized carbons (Fsp3) is 0.333. The Hall–Kier alpha value is -4.08. The van der Waals surface area contributed by atoms with Gasteiger partial charge in [0.05, 0.1) is 12.6 Å². The first-order chi connectivity index (χ1) is 16.4. The largest absolute Gasteiger partial charge is 0.508 e. The highest BCUT2D eigenvalue weighted by atomic mass is 16.6. The first-order valence-corrected chi connectivity index (χ1v) is 10.8. The Bertz CT molecular complexity index is 997. The van der Waals surface area contributed by atoms with Crippen molar-refractivity contribution in [3.05, 3.63) is 65.7 Å². The number of carbonyl (C=O) groups is 4. The van der Waals surface area contributed by atoms with Crippen molar-refractivity contribution >= 4 is 24.4 Å².